The van der Waals surface area contributed by atoms with E-state index in [1.165, 1.54) is 7.11 Å². The Morgan fingerprint density at radius 3 is 2.49 bits per heavy atom. The third kappa shape index (κ3) is 7.75. The van der Waals surface area contributed by atoms with Gasteiger partial charge in [0.05, 0.1) is 40.3 Å². The van der Waals surface area contributed by atoms with Crippen LogP contribution in [0.1, 0.15) is 12.5 Å². The van der Waals surface area contributed by atoms with Crippen LogP contribution < -0.4 is 24.3 Å². The molecule has 4 rings (SSSR count). The van der Waals surface area contributed by atoms with Crippen LogP contribution in [0.4, 0.5) is 10.5 Å². The van der Waals surface area contributed by atoms with E-state index in [9.17, 15) is 14.4 Å². The molecular formula is C29H26BrClN2O7S. The SMILES string of the molecule is CCOc1cc(/C=C2\SC(=O)N(CCOc3ccccc3OC)C2=O)cc(Br)c1OCC(=O)Nc1ccccc1Cl. The number of para-hydroxylation sites is 3. The van der Waals surface area contributed by atoms with E-state index >= 15 is 0 Å². The minimum absolute atomic E-state index is 0.0803. The predicted molar refractivity (Wildman–Crippen MR) is 162 cm³/mol. The molecule has 0 radical (unpaired) electrons. The molecule has 1 heterocycles. The molecule has 0 spiro atoms. The second-order valence-corrected chi connectivity index (χ2v) is 10.7. The fraction of sp³-hybridized carbons (Fsp3) is 0.207. The smallest absolute Gasteiger partial charge is 0.293 e. The molecule has 3 amide bonds. The largest absolute Gasteiger partial charge is 0.493 e. The van der Waals surface area contributed by atoms with Gasteiger partial charge in [0.25, 0.3) is 17.1 Å². The standard InChI is InChI=1S/C29H26BrClN2O7S/c1-3-38-24-15-18(14-19(30)27(24)40-17-26(34)32-21-9-5-4-8-20(21)31)16-25-28(35)33(29(36)41-25)12-13-39-23-11-7-6-10-22(23)37-2/h4-11,14-16H,3,12-13,17H2,1-2H3,(H,32,34)/b25-16-. The first-order valence-electron chi connectivity index (χ1n) is 12.5. The maximum absolute atomic E-state index is 13.0. The fourth-order valence-electron chi connectivity index (χ4n) is 3.79. The lowest BCUT2D eigenvalue weighted by atomic mass is 10.2. The summed E-state index contributed by atoms with van der Waals surface area (Å²) >= 11 is 10.4. The number of thioether (sulfide) groups is 1. The summed E-state index contributed by atoms with van der Waals surface area (Å²) in [5, 5.41) is 2.72. The molecule has 0 bridgehead atoms. The van der Waals surface area contributed by atoms with Gasteiger partial charge in [-0.1, -0.05) is 35.9 Å². The van der Waals surface area contributed by atoms with Gasteiger partial charge in [0.15, 0.2) is 29.6 Å². The number of carbonyl (C=O) groups is 3. The number of nitrogens with zero attached hydrogens (tertiary/aromatic N) is 1. The highest BCUT2D eigenvalue weighted by Gasteiger charge is 2.35. The van der Waals surface area contributed by atoms with Gasteiger partial charge >= 0.3 is 0 Å². The van der Waals surface area contributed by atoms with Crippen molar-refractivity contribution in [3.63, 3.8) is 0 Å². The summed E-state index contributed by atoms with van der Waals surface area (Å²) in [6, 6.07) is 17.4. The Morgan fingerprint density at radius 1 is 1.02 bits per heavy atom. The zero-order valence-electron chi connectivity index (χ0n) is 22.1. The number of nitrogens with one attached hydrogen (secondary N) is 1. The van der Waals surface area contributed by atoms with Crippen molar-refractivity contribution in [1.29, 1.82) is 0 Å². The molecule has 0 saturated carbocycles. The van der Waals surface area contributed by atoms with E-state index in [0.29, 0.717) is 50.4 Å². The van der Waals surface area contributed by atoms with E-state index < -0.39 is 17.1 Å². The van der Waals surface area contributed by atoms with Crippen LogP contribution in [0.25, 0.3) is 6.08 Å². The second kappa shape index (κ2) is 14.3. The number of carbonyl (C=O) groups excluding carboxylic acids is 3. The fourth-order valence-corrected chi connectivity index (χ4v) is 5.41. The number of amides is 3. The van der Waals surface area contributed by atoms with Gasteiger partial charge in [0.1, 0.15) is 6.61 Å². The number of hydrogen-bond donors (Lipinski definition) is 1. The van der Waals surface area contributed by atoms with Gasteiger partial charge < -0.3 is 24.3 Å². The number of methoxy groups -OCH3 is 1. The van der Waals surface area contributed by atoms with Crippen LogP contribution in [0, 0.1) is 0 Å². The van der Waals surface area contributed by atoms with Crippen LogP contribution >= 0.6 is 39.3 Å². The molecule has 1 saturated heterocycles. The first-order chi connectivity index (χ1) is 19.8. The highest BCUT2D eigenvalue weighted by Crippen LogP contribution is 2.39. The lowest BCUT2D eigenvalue weighted by Crippen LogP contribution is -2.32. The Morgan fingerprint density at radius 2 is 1.76 bits per heavy atom. The van der Waals surface area contributed by atoms with Gasteiger partial charge in [0, 0.05) is 0 Å². The second-order valence-electron chi connectivity index (χ2n) is 8.41. The van der Waals surface area contributed by atoms with Crippen molar-refractivity contribution >= 4 is 68.1 Å². The first kappa shape index (κ1) is 30.3. The average molecular weight is 662 g/mol. The topological polar surface area (TPSA) is 103 Å². The highest BCUT2D eigenvalue weighted by molar-refractivity contribution is 9.10. The van der Waals surface area contributed by atoms with Crippen molar-refractivity contribution in [2.24, 2.45) is 0 Å². The molecule has 0 aromatic heterocycles. The summed E-state index contributed by atoms with van der Waals surface area (Å²) in [5.41, 5.74) is 1.08. The van der Waals surface area contributed by atoms with E-state index in [0.717, 1.165) is 16.7 Å². The Labute approximate surface area is 254 Å². The van der Waals surface area contributed by atoms with Crippen LogP contribution in [-0.2, 0) is 9.59 Å². The molecule has 9 nitrogen and oxygen atoms in total. The normalized spacial score (nSPS) is 13.9. The van der Waals surface area contributed by atoms with Crippen LogP contribution in [0.2, 0.25) is 5.02 Å². The summed E-state index contributed by atoms with van der Waals surface area (Å²) in [7, 11) is 1.54. The molecule has 214 valence electrons. The molecule has 0 atom stereocenters. The van der Waals surface area contributed by atoms with E-state index in [-0.39, 0.29) is 24.7 Å². The molecule has 1 fully saturated rings. The van der Waals surface area contributed by atoms with Gasteiger partial charge in [-0.05, 0) is 82.7 Å². The number of anilines is 1. The maximum atomic E-state index is 13.0. The molecule has 1 aliphatic rings. The lowest BCUT2D eigenvalue weighted by molar-refractivity contribution is -0.123. The minimum atomic E-state index is -0.422. The molecule has 1 aliphatic heterocycles. The van der Waals surface area contributed by atoms with Crippen LogP contribution in [0.15, 0.2) is 70.0 Å². The summed E-state index contributed by atoms with van der Waals surface area (Å²) in [4.78, 5) is 39.4. The maximum Gasteiger partial charge on any atom is 0.293 e. The minimum Gasteiger partial charge on any atom is -0.493 e. The van der Waals surface area contributed by atoms with Crippen molar-refractivity contribution < 1.29 is 33.3 Å². The summed E-state index contributed by atoms with van der Waals surface area (Å²) in [5.74, 6) is 0.942. The van der Waals surface area contributed by atoms with E-state index in [1.54, 1.807) is 60.7 Å². The average Bonchev–Trinajstić information content (AvgIpc) is 3.21. The number of hydrogen-bond acceptors (Lipinski definition) is 8. The van der Waals surface area contributed by atoms with Gasteiger partial charge in [-0.25, -0.2) is 0 Å². The van der Waals surface area contributed by atoms with Gasteiger partial charge in [-0.15, -0.1) is 0 Å². The van der Waals surface area contributed by atoms with Crippen LogP contribution in [-0.4, -0.2) is 55.4 Å². The molecule has 41 heavy (non-hydrogen) atoms. The lowest BCUT2D eigenvalue weighted by Gasteiger charge is -2.15. The zero-order valence-corrected chi connectivity index (χ0v) is 25.3. The molecule has 0 unspecified atom stereocenters. The van der Waals surface area contributed by atoms with Crippen molar-refractivity contribution in [3.8, 4) is 23.0 Å². The van der Waals surface area contributed by atoms with Gasteiger partial charge in [0.2, 0.25) is 0 Å². The Balaban J connectivity index is 1.43. The molecule has 3 aromatic rings. The third-order valence-electron chi connectivity index (χ3n) is 5.64. The zero-order chi connectivity index (χ0) is 29.4. The summed E-state index contributed by atoms with van der Waals surface area (Å²) in [6.45, 7) is 2.05. The number of halogens is 2. The Bertz CT molecular complexity index is 1480. The predicted octanol–water partition coefficient (Wildman–Crippen LogP) is 6.64. The van der Waals surface area contributed by atoms with Crippen molar-refractivity contribution in [2.75, 3.05) is 38.8 Å². The number of imide groups is 1. The van der Waals surface area contributed by atoms with Gasteiger partial charge in [-0.2, -0.15) is 0 Å². The number of ether oxygens (including phenoxy) is 4. The summed E-state index contributed by atoms with van der Waals surface area (Å²) in [6.07, 6.45) is 1.60. The number of benzene rings is 3. The molecular weight excluding hydrogens is 636 g/mol. The monoisotopic (exact) mass is 660 g/mol. The highest BCUT2D eigenvalue weighted by atomic mass is 79.9. The van der Waals surface area contributed by atoms with Crippen LogP contribution in [0.5, 0.6) is 23.0 Å². The van der Waals surface area contributed by atoms with E-state index in [2.05, 4.69) is 21.2 Å². The van der Waals surface area contributed by atoms with Crippen molar-refractivity contribution in [3.05, 3.63) is 80.6 Å². The van der Waals surface area contributed by atoms with Crippen molar-refractivity contribution in [1.82, 2.24) is 4.90 Å². The molecule has 1 N–H and O–H groups in total. The molecule has 0 aliphatic carbocycles. The molecule has 3 aromatic carbocycles. The van der Waals surface area contributed by atoms with Gasteiger partial charge in [-0.3, -0.25) is 19.3 Å². The Hall–Kier alpha value is -3.67. The molecule has 12 heteroatoms. The first-order valence-corrected chi connectivity index (χ1v) is 14.4. The van der Waals surface area contributed by atoms with E-state index in [4.69, 9.17) is 30.5 Å². The number of rotatable bonds is 12. The third-order valence-corrected chi connectivity index (χ3v) is 7.47. The Kier molecular flexibility index (Phi) is 10.6. The quantitative estimate of drug-likeness (QED) is 0.216. The van der Waals surface area contributed by atoms with Crippen molar-refractivity contribution in [2.45, 2.75) is 6.92 Å². The van der Waals surface area contributed by atoms with Crippen LogP contribution in [0.3, 0.4) is 0 Å². The summed E-state index contributed by atoms with van der Waals surface area (Å²) < 4.78 is 23.0. The van der Waals surface area contributed by atoms with E-state index in [1.807, 2.05) is 13.0 Å².